The van der Waals surface area contributed by atoms with Gasteiger partial charge in [0.2, 0.25) is 5.78 Å². The zero-order valence-corrected chi connectivity index (χ0v) is 8.61. The van der Waals surface area contributed by atoms with Crippen LogP contribution in [-0.2, 0) is 0 Å². The second-order valence-corrected chi connectivity index (χ2v) is 3.75. The van der Waals surface area contributed by atoms with E-state index in [-0.39, 0.29) is 22.8 Å². The zero-order valence-electron chi connectivity index (χ0n) is 8.61. The fourth-order valence-electron chi connectivity index (χ4n) is 1.95. The van der Waals surface area contributed by atoms with Gasteiger partial charge in [0.25, 0.3) is 0 Å². The monoisotopic (exact) mass is 227 g/mol. The van der Waals surface area contributed by atoms with Crippen molar-refractivity contribution in [2.24, 2.45) is 0 Å². The molecule has 0 N–H and O–H groups in total. The molecule has 0 spiro atoms. The van der Waals surface area contributed by atoms with Crippen LogP contribution in [0.3, 0.4) is 0 Å². The van der Waals surface area contributed by atoms with Crippen molar-refractivity contribution in [1.29, 1.82) is 0 Å². The van der Waals surface area contributed by atoms with E-state index in [1.807, 2.05) is 0 Å². The van der Waals surface area contributed by atoms with E-state index < -0.39 is 5.82 Å². The second kappa shape index (κ2) is 3.31. The first-order valence-electron chi connectivity index (χ1n) is 5.02. The minimum atomic E-state index is -0.621. The number of nitrogens with zero attached hydrogens (tertiary/aromatic N) is 1. The number of aromatic nitrogens is 1. The fourth-order valence-corrected chi connectivity index (χ4v) is 1.95. The van der Waals surface area contributed by atoms with Gasteiger partial charge in [-0.2, -0.15) is 0 Å². The molecule has 0 saturated heterocycles. The van der Waals surface area contributed by atoms with Crippen LogP contribution in [0.5, 0.6) is 0 Å². The first-order valence-corrected chi connectivity index (χ1v) is 5.02. The maximum Gasteiger partial charge on any atom is 0.212 e. The molecule has 3 rings (SSSR count). The van der Waals surface area contributed by atoms with Crippen molar-refractivity contribution in [3.63, 3.8) is 0 Å². The molecular formula is C13H6FNO2. The van der Waals surface area contributed by atoms with Crippen molar-refractivity contribution in [1.82, 2.24) is 4.98 Å². The molecule has 1 heterocycles. The highest BCUT2D eigenvalue weighted by molar-refractivity contribution is 6.27. The van der Waals surface area contributed by atoms with E-state index >= 15 is 0 Å². The largest absolute Gasteiger partial charge is 0.288 e. The lowest BCUT2D eigenvalue weighted by Crippen LogP contribution is -2.22. The quantitative estimate of drug-likeness (QED) is 0.590. The average molecular weight is 227 g/mol. The van der Waals surface area contributed by atoms with Gasteiger partial charge < -0.3 is 0 Å². The smallest absolute Gasteiger partial charge is 0.212 e. The van der Waals surface area contributed by atoms with Crippen LogP contribution in [0.25, 0.3) is 0 Å². The molecule has 82 valence electrons. The highest BCUT2D eigenvalue weighted by Gasteiger charge is 2.30. The molecule has 0 amide bonds. The van der Waals surface area contributed by atoms with Crippen molar-refractivity contribution >= 4 is 11.6 Å². The number of carbonyl (C=O) groups excluding carboxylic acids is 2. The molecule has 0 atom stereocenters. The first-order chi connectivity index (χ1) is 8.18. The van der Waals surface area contributed by atoms with Gasteiger partial charge in [-0.05, 0) is 6.07 Å². The Hall–Kier alpha value is -2.36. The second-order valence-electron chi connectivity index (χ2n) is 3.75. The molecule has 0 radical (unpaired) electrons. The molecule has 4 heteroatoms. The Balaban J connectivity index is 2.33. The van der Waals surface area contributed by atoms with Gasteiger partial charge in [0.05, 0.1) is 11.8 Å². The summed E-state index contributed by atoms with van der Waals surface area (Å²) >= 11 is 0. The first kappa shape index (κ1) is 9.84. The summed E-state index contributed by atoms with van der Waals surface area (Å²) in [6, 6.07) is 7.53. The molecule has 0 bridgehead atoms. The van der Waals surface area contributed by atoms with Crippen LogP contribution in [0.4, 0.5) is 4.39 Å². The highest BCUT2D eigenvalue weighted by Crippen LogP contribution is 2.25. The number of ketones is 2. The number of fused-ring (bicyclic) bond motifs is 2. The van der Waals surface area contributed by atoms with Crippen LogP contribution in [0.15, 0.2) is 36.5 Å². The van der Waals surface area contributed by atoms with Gasteiger partial charge in [-0.15, -0.1) is 0 Å². The standard InChI is InChI=1S/C13H6FNO2/c14-7-5-10-11(15-6-7)13(17)9-4-2-1-3-8(9)12(10)16/h1-6H. The summed E-state index contributed by atoms with van der Waals surface area (Å²) in [5.41, 5.74) is 0.685. The molecule has 0 fully saturated rings. The molecule has 1 aliphatic rings. The van der Waals surface area contributed by atoms with Crippen molar-refractivity contribution in [2.45, 2.75) is 0 Å². The van der Waals surface area contributed by atoms with Crippen LogP contribution >= 0.6 is 0 Å². The minimum Gasteiger partial charge on any atom is -0.288 e. The van der Waals surface area contributed by atoms with E-state index in [2.05, 4.69) is 4.98 Å². The number of halogens is 1. The van der Waals surface area contributed by atoms with E-state index in [0.717, 1.165) is 12.3 Å². The lowest BCUT2D eigenvalue weighted by molar-refractivity contribution is 0.0975. The number of rotatable bonds is 0. The molecule has 2 aromatic rings. The Bertz CT molecular complexity index is 664. The number of pyridine rings is 1. The molecule has 0 saturated carbocycles. The minimum absolute atomic E-state index is 0.0232. The van der Waals surface area contributed by atoms with Crippen molar-refractivity contribution in [3.05, 3.63) is 64.7 Å². The van der Waals surface area contributed by atoms with E-state index in [4.69, 9.17) is 0 Å². The molecule has 17 heavy (non-hydrogen) atoms. The number of hydrogen-bond acceptors (Lipinski definition) is 3. The van der Waals surface area contributed by atoms with Crippen LogP contribution in [0.1, 0.15) is 32.0 Å². The molecule has 1 aliphatic carbocycles. The zero-order chi connectivity index (χ0) is 12.0. The Kier molecular flexibility index (Phi) is 1.92. The van der Waals surface area contributed by atoms with Gasteiger partial charge in [0.1, 0.15) is 11.5 Å². The summed E-state index contributed by atoms with van der Waals surface area (Å²) in [4.78, 5) is 27.8. The third-order valence-electron chi connectivity index (χ3n) is 2.73. The highest BCUT2D eigenvalue weighted by atomic mass is 19.1. The summed E-state index contributed by atoms with van der Waals surface area (Å²) in [5.74, 6) is -1.32. The summed E-state index contributed by atoms with van der Waals surface area (Å²) in [6.07, 6.45) is 0.942. The Morgan fingerprint density at radius 1 is 0.941 bits per heavy atom. The third kappa shape index (κ3) is 1.30. The summed E-state index contributed by atoms with van der Waals surface area (Å²) < 4.78 is 13.0. The maximum absolute atomic E-state index is 13.0. The maximum atomic E-state index is 13.0. The van der Waals surface area contributed by atoms with Gasteiger partial charge in [-0.3, -0.25) is 9.59 Å². The summed E-state index contributed by atoms with van der Waals surface area (Å²) in [5, 5.41) is 0. The summed E-state index contributed by atoms with van der Waals surface area (Å²) in [6.45, 7) is 0. The SMILES string of the molecule is O=C1c2ccccc2C(=O)c2ncc(F)cc21. The van der Waals surface area contributed by atoms with Crippen LogP contribution in [0, 0.1) is 5.82 Å². The molecule has 1 aromatic heterocycles. The molecular weight excluding hydrogens is 221 g/mol. The van der Waals surface area contributed by atoms with Crippen molar-refractivity contribution < 1.29 is 14.0 Å². The van der Waals surface area contributed by atoms with Crippen molar-refractivity contribution in [2.75, 3.05) is 0 Å². The van der Waals surface area contributed by atoms with Crippen LogP contribution in [0.2, 0.25) is 0 Å². The van der Waals surface area contributed by atoms with Gasteiger partial charge >= 0.3 is 0 Å². The van der Waals surface area contributed by atoms with E-state index in [1.54, 1.807) is 24.3 Å². The van der Waals surface area contributed by atoms with Crippen molar-refractivity contribution in [3.8, 4) is 0 Å². The average Bonchev–Trinajstić information content (AvgIpc) is 2.36. The number of carbonyl (C=O) groups is 2. The van der Waals surface area contributed by atoms with Gasteiger partial charge in [-0.1, -0.05) is 24.3 Å². The molecule has 0 unspecified atom stereocenters. The Labute approximate surface area is 95.9 Å². The molecule has 1 aromatic carbocycles. The Morgan fingerprint density at radius 3 is 2.29 bits per heavy atom. The number of hydrogen-bond donors (Lipinski definition) is 0. The van der Waals surface area contributed by atoms with E-state index in [0.29, 0.717) is 11.1 Å². The van der Waals surface area contributed by atoms with E-state index in [9.17, 15) is 14.0 Å². The van der Waals surface area contributed by atoms with Gasteiger partial charge in [0.15, 0.2) is 5.78 Å². The van der Waals surface area contributed by atoms with Crippen LogP contribution in [-0.4, -0.2) is 16.6 Å². The predicted octanol–water partition coefficient (Wildman–Crippen LogP) is 2.00. The number of benzene rings is 1. The normalized spacial score (nSPS) is 13.2. The third-order valence-corrected chi connectivity index (χ3v) is 2.73. The Morgan fingerprint density at radius 2 is 1.59 bits per heavy atom. The van der Waals surface area contributed by atoms with Crippen LogP contribution < -0.4 is 0 Å². The van der Waals surface area contributed by atoms with Gasteiger partial charge in [0, 0.05) is 11.1 Å². The summed E-state index contributed by atoms with van der Waals surface area (Å²) in [7, 11) is 0. The molecule has 3 nitrogen and oxygen atoms in total. The lowest BCUT2D eigenvalue weighted by atomic mass is 9.87. The van der Waals surface area contributed by atoms with Gasteiger partial charge in [-0.25, -0.2) is 9.37 Å². The lowest BCUT2D eigenvalue weighted by Gasteiger charge is -2.15. The topological polar surface area (TPSA) is 47.0 Å². The molecule has 0 aliphatic heterocycles. The fraction of sp³-hybridized carbons (Fsp3) is 0. The van der Waals surface area contributed by atoms with E-state index in [1.165, 1.54) is 0 Å². The predicted molar refractivity (Wildman–Crippen MR) is 57.5 cm³/mol.